The van der Waals surface area contributed by atoms with E-state index in [1.54, 1.807) is 6.07 Å². The van der Waals surface area contributed by atoms with Gasteiger partial charge in [-0.25, -0.2) is 0 Å². The van der Waals surface area contributed by atoms with Crippen LogP contribution in [0.3, 0.4) is 0 Å². The molecular weight excluding hydrogens is 203 g/mol. The van der Waals surface area contributed by atoms with Gasteiger partial charge in [-0.15, -0.1) is 0 Å². The first-order valence-corrected chi connectivity index (χ1v) is 4.58. The lowest BCUT2D eigenvalue weighted by Crippen LogP contribution is -2.14. The van der Waals surface area contributed by atoms with E-state index in [0.29, 0.717) is 12.8 Å². The van der Waals surface area contributed by atoms with Crippen molar-refractivity contribution in [3.8, 4) is 6.07 Å². The third-order valence-corrected chi connectivity index (χ3v) is 2.71. The van der Waals surface area contributed by atoms with Crippen molar-refractivity contribution in [2.75, 3.05) is 0 Å². The normalized spacial score (nSPS) is 18.3. The first-order valence-electron chi connectivity index (χ1n) is 4.58. The molecule has 0 saturated heterocycles. The summed E-state index contributed by atoms with van der Waals surface area (Å²) in [5, 5.41) is 8.88. The summed E-state index contributed by atoms with van der Waals surface area (Å²) < 4.78 is 37.9. The second-order valence-corrected chi connectivity index (χ2v) is 3.74. The Morgan fingerprint density at radius 1 is 1.20 bits per heavy atom. The zero-order chi connectivity index (χ0) is 11.1. The highest BCUT2D eigenvalue weighted by Gasteiger charge is 2.49. The predicted molar refractivity (Wildman–Crippen MR) is 48.0 cm³/mol. The van der Waals surface area contributed by atoms with Gasteiger partial charge >= 0.3 is 6.18 Å². The third-order valence-electron chi connectivity index (χ3n) is 2.71. The van der Waals surface area contributed by atoms with Gasteiger partial charge < -0.3 is 0 Å². The molecule has 1 aromatic carbocycles. The summed E-state index contributed by atoms with van der Waals surface area (Å²) in [6, 6.07) is 7.31. The number of benzene rings is 1. The van der Waals surface area contributed by atoms with E-state index in [-0.39, 0.29) is 5.56 Å². The van der Waals surface area contributed by atoms with Crippen LogP contribution in [0.5, 0.6) is 0 Å². The highest BCUT2D eigenvalue weighted by molar-refractivity contribution is 5.45. The van der Waals surface area contributed by atoms with Crippen LogP contribution in [-0.2, 0) is 11.6 Å². The molecule has 15 heavy (non-hydrogen) atoms. The number of alkyl halides is 3. The van der Waals surface area contributed by atoms with E-state index in [0.717, 1.165) is 6.07 Å². The van der Waals surface area contributed by atoms with Gasteiger partial charge in [0.05, 0.1) is 17.0 Å². The second-order valence-electron chi connectivity index (χ2n) is 3.74. The van der Waals surface area contributed by atoms with Crippen molar-refractivity contribution in [3.63, 3.8) is 0 Å². The van der Waals surface area contributed by atoms with Crippen molar-refractivity contribution in [3.05, 3.63) is 35.4 Å². The highest BCUT2D eigenvalue weighted by atomic mass is 19.4. The van der Waals surface area contributed by atoms with E-state index < -0.39 is 17.2 Å². The Balaban J connectivity index is 2.54. The van der Waals surface area contributed by atoms with Crippen molar-refractivity contribution in [2.24, 2.45) is 0 Å². The molecule has 0 N–H and O–H groups in total. The van der Waals surface area contributed by atoms with Crippen LogP contribution in [0.25, 0.3) is 0 Å². The van der Waals surface area contributed by atoms with Gasteiger partial charge in [-0.2, -0.15) is 18.4 Å². The van der Waals surface area contributed by atoms with E-state index in [4.69, 9.17) is 5.26 Å². The smallest absolute Gasteiger partial charge is 0.197 e. The first kappa shape index (κ1) is 10.0. The number of rotatable bonds is 1. The van der Waals surface area contributed by atoms with Gasteiger partial charge in [0.2, 0.25) is 0 Å². The number of hydrogen-bond donors (Lipinski definition) is 0. The zero-order valence-electron chi connectivity index (χ0n) is 7.80. The van der Waals surface area contributed by atoms with Crippen molar-refractivity contribution >= 4 is 0 Å². The van der Waals surface area contributed by atoms with Gasteiger partial charge in [-0.05, 0) is 24.5 Å². The fourth-order valence-electron chi connectivity index (χ4n) is 1.71. The lowest BCUT2D eigenvalue weighted by atomic mass is 9.92. The molecule has 78 valence electrons. The van der Waals surface area contributed by atoms with Crippen LogP contribution in [0.2, 0.25) is 0 Å². The maximum atomic E-state index is 12.6. The van der Waals surface area contributed by atoms with Crippen molar-refractivity contribution in [1.29, 1.82) is 5.26 Å². The average Bonchev–Trinajstić information content (AvgIpc) is 2.97. The molecule has 0 bridgehead atoms. The molecule has 1 saturated carbocycles. The Labute approximate surface area is 85.1 Å². The molecule has 4 heteroatoms. The van der Waals surface area contributed by atoms with Crippen LogP contribution in [-0.4, -0.2) is 0 Å². The molecule has 0 aromatic heterocycles. The van der Waals surface area contributed by atoms with Crippen LogP contribution in [0.15, 0.2) is 24.3 Å². The molecule has 0 atom stereocenters. The molecule has 0 radical (unpaired) electrons. The monoisotopic (exact) mass is 211 g/mol. The van der Waals surface area contributed by atoms with Crippen molar-refractivity contribution < 1.29 is 13.2 Å². The van der Waals surface area contributed by atoms with E-state index in [2.05, 4.69) is 0 Å². The van der Waals surface area contributed by atoms with Crippen LogP contribution in [0.4, 0.5) is 13.2 Å². The lowest BCUT2D eigenvalue weighted by Gasteiger charge is -2.15. The number of nitriles is 1. The average molecular weight is 211 g/mol. The first-order chi connectivity index (χ1) is 6.99. The fraction of sp³-hybridized carbons (Fsp3) is 0.364. The number of halogens is 3. The van der Waals surface area contributed by atoms with Gasteiger partial charge in [-0.1, -0.05) is 18.2 Å². The van der Waals surface area contributed by atoms with E-state index >= 15 is 0 Å². The summed E-state index contributed by atoms with van der Waals surface area (Å²) in [7, 11) is 0. The molecule has 0 heterocycles. The Bertz CT molecular complexity index is 424. The largest absolute Gasteiger partial charge is 0.416 e. The summed E-state index contributed by atoms with van der Waals surface area (Å²) in [6.45, 7) is 0. The van der Waals surface area contributed by atoms with Crippen LogP contribution >= 0.6 is 0 Å². The molecule has 1 fully saturated rings. The Morgan fingerprint density at radius 3 is 2.27 bits per heavy atom. The maximum absolute atomic E-state index is 12.6. The van der Waals surface area contributed by atoms with E-state index in [1.165, 1.54) is 12.1 Å². The van der Waals surface area contributed by atoms with Gasteiger partial charge in [-0.3, -0.25) is 0 Å². The summed E-state index contributed by atoms with van der Waals surface area (Å²) in [5.41, 5.74) is -1.43. The molecule has 1 aliphatic rings. The SMILES string of the molecule is N#CC1(c2ccccc2C(F)(F)F)CC1. The standard InChI is InChI=1S/C11H8F3N/c12-11(13,14)9-4-2-1-3-8(9)10(7-15)5-6-10/h1-4H,5-6H2. The third kappa shape index (κ3) is 1.58. The molecule has 0 unspecified atom stereocenters. The van der Waals surface area contributed by atoms with E-state index in [1.807, 2.05) is 6.07 Å². The van der Waals surface area contributed by atoms with Gasteiger partial charge in [0.15, 0.2) is 0 Å². The van der Waals surface area contributed by atoms with Crippen molar-refractivity contribution in [2.45, 2.75) is 24.4 Å². The van der Waals surface area contributed by atoms with Crippen LogP contribution < -0.4 is 0 Å². The minimum absolute atomic E-state index is 0.125. The Kier molecular flexibility index (Phi) is 2.00. The summed E-state index contributed by atoms with van der Waals surface area (Å²) >= 11 is 0. The Hall–Kier alpha value is -1.50. The highest BCUT2D eigenvalue weighted by Crippen LogP contribution is 2.51. The minimum Gasteiger partial charge on any atom is -0.197 e. The summed E-state index contributed by atoms with van der Waals surface area (Å²) in [5.74, 6) is 0. The molecular formula is C11H8F3N. The van der Waals surface area contributed by atoms with Crippen LogP contribution in [0, 0.1) is 11.3 Å². The predicted octanol–water partition coefficient (Wildman–Crippen LogP) is 3.26. The van der Waals surface area contributed by atoms with Crippen LogP contribution in [0.1, 0.15) is 24.0 Å². The van der Waals surface area contributed by atoms with Crippen molar-refractivity contribution in [1.82, 2.24) is 0 Å². The molecule has 0 aliphatic heterocycles. The molecule has 1 aromatic rings. The molecule has 1 aliphatic carbocycles. The molecule has 2 rings (SSSR count). The van der Waals surface area contributed by atoms with Gasteiger partial charge in [0.25, 0.3) is 0 Å². The number of hydrogen-bond acceptors (Lipinski definition) is 1. The maximum Gasteiger partial charge on any atom is 0.416 e. The topological polar surface area (TPSA) is 23.8 Å². The minimum atomic E-state index is -4.37. The van der Waals surface area contributed by atoms with Gasteiger partial charge in [0, 0.05) is 0 Å². The Morgan fingerprint density at radius 2 is 1.80 bits per heavy atom. The lowest BCUT2D eigenvalue weighted by molar-refractivity contribution is -0.138. The fourth-order valence-corrected chi connectivity index (χ4v) is 1.71. The zero-order valence-corrected chi connectivity index (χ0v) is 7.80. The quantitative estimate of drug-likeness (QED) is 0.699. The molecule has 0 spiro atoms. The molecule has 0 amide bonds. The second kappa shape index (κ2) is 2.99. The summed E-state index contributed by atoms with van der Waals surface area (Å²) in [6.07, 6.45) is -3.32. The number of nitrogens with zero attached hydrogens (tertiary/aromatic N) is 1. The molecule has 1 nitrogen and oxygen atoms in total. The summed E-state index contributed by atoms with van der Waals surface area (Å²) in [4.78, 5) is 0. The van der Waals surface area contributed by atoms with E-state index in [9.17, 15) is 13.2 Å². The van der Waals surface area contributed by atoms with Gasteiger partial charge in [0.1, 0.15) is 0 Å².